The van der Waals surface area contributed by atoms with E-state index < -0.39 is 0 Å². The van der Waals surface area contributed by atoms with Crippen molar-refractivity contribution in [1.82, 2.24) is 15.1 Å². The first-order valence-corrected chi connectivity index (χ1v) is 12.1. The van der Waals surface area contributed by atoms with Gasteiger partial charge < -0.3 is 10.2 Å². The molecule has 176 valence electrons. The standard InChI is InChI=1S/C27H34FN3O2/c1-19-6-5-7-20(2)31(19)26(32)18-30-17-23-9-4-3-8-22(23)16-25(30)27(33)29-15-14-21-10-12-24(28)13-11-21/h3-4,8-13,19-20,25H,5-7,14-18H2,1-2H3,(H,29,33)/t19-,20-,25-/m1/s1. The lowest BCUT2D eigenvalue weighted by atomic mass is 9.93. The minimum atomic E-state index is -0.382. The van der Waals surface area contributed by atoms with Crippen LogP contribution >= 0.6 is 0 Å². The molecule has 2 aliphatic rings. The number of carbonyl (C=O) groups excluding carboxylic acids is 2. The van der Waals surface area contributed by atoms with Gasteiger partial charge in [-0.3, -0.25) is 14.5 Å². The van der Waals surface area contributed by atoms with Gasteiger partial charge in [-0.2, -0.15) is 0 Å². The summed E-state index contributed by atoms with van der Waals surface area (Å²) in [6.45, 7) is 5.57. The second kappa shape index (κ2) is 10.5. The van der Waals surface area contributed by atoms with Crippen molar-refractivity contribution in [3.63, 3.8) is 0 Å². The van der Waals surface area contributed by atoms with Gasteiger partial charge in [0.15, 0.2) is 0 Å². The first-order chi connectivity index (χ1) is 15.9. The Morgan fingerprint density at radius 2 is 1.67 bits per heavy atom. The van der Waals surface area contributed by atoms with Gasteiger partial charge in [0.05, 0.1) is 12.6 Å². The molecule has 33 heavy (non-hydrogen) atoms. The van der Waals surface area contributed by atoms with Gasteiger partial charge in [-0.15, -0.1) is 0 Å². The topological polar surface area (TPSA) is 52.7 Å². The van der Waals surface area contributed by atoms with Crippen LogP contribution in [0.25, 0.3) is 0 Å². The van der Waals surface area contributed by atoms with Crippen molar-refractivity contribution in [1.29, 1.82) is 0 Å². The Morgan fingerprint density at radius 1 is 1.00 bits per heavy atom. The summed E-state index contributed by atoms with van der Waals surface area (Å²) in [7, 11) is 0. The molecule has 3 atom stereocenters. The number of hydrogen-bond acceptors (Lipinski definition) is 3. The molecule has 1 N–H and O–H groups in total. The van der Waals surface area contributed by atoms with Crippen LogP contribution in [0.1, 0.15) is 49.8 Å². The van der Waals surface area contributed by atoms with Crippen molar-refractivity contribution in [2.45, 2.75) is 70.6 Å². The number of halogens is 1. The molecule has 0 saturated carbocycles. The van der Waals surface area contributed by atoms with Crippen LogP contribution in [0.5, 0.6) is 0 Å². The lowest BCUT2D eigenvalue weighted by Gasteiger charge is -2.42. The van der Waals surface area contributed by atoms with Gasteiger partial charge in [0.1, 0.15) is 5.82 Å². The summed E-state index contributed by atoms with van der Waals surface area (Å²) >= 11 is 0. The summed E-state index contributed by atoms with van der Waals surface area (Å²) in [5.41, 5.74) is 3.32. The fraction of sp³-hybridized carbons (Fsp3) is 0.481. The molecule has 2 aromatic carbocycles. The van der Waals surface area contributed by atoms with E-state index in [1.165, 1.54) is 23.3 Å². The molecule has 0 bridgehead atoms. The molecule has 2 amide bonds. The van der Waals surface area contributed by atoms with Crippen LogP contribution in [0, 0.1) is 5.82 Å². The van der Waals surface area contributed by atoms with Crippen molar-refractivity contribution in [2.24, 2.45) is 0 Å². The molecule has 0 radical (unpaired) electrons. The van der Waals surface area contributed by atoms with E-state index in [4.69, 9.17) is 0 Å². The molecule has 5 nitrogen and oxygen atoms in total. The maximum absolute atomic E-state index is 13.3. The number of carbonyl (C=O) groups is 2. The van der Waals surface area contributed by atoms with Crippen LogP contribution in [0.15, 0.2) is 48.5 Å². The molecular weight excluding hydrogens is 417 g/mol. The van der Waals surface area contributed by atoms with Crippen molar-refractivity contribution in [3.05, 3.63) is 71.0 Å². The zero-order valence-electron chi connectivity index (χ0n) is 19.6. The predicted molar refractivity (Wildman–Crippen MR) is 127 cm³/mol. The van der Waals surface area contributed by atoms with Gasteiger partial charge in [-0.25, -0.2) is 4.39 Å². The first-order valence-electron chi connectivity index (χ1n) is 12.1. The lowest BCUT2D eigenvalue weighted by Crippen LogP contribution is -2.56. The average molecular weight is 452 g/mol. The Labute approximate surface area is 196 Å². The highest BCUT2D eigenvalue weighted by atomic mass is 19.1. The number of hydrogen-bond donors (Lipinski definition) is 1. The number of amides is 2. The van der Waals surface area contributed by atoms with Gasteiger partial charge in [-0.1, -0.05) is 36.4 Å². The predicted octanol–water partition coefficient (Wildman–Crippen LogP) is 3.70. The summed E-state index contributed by atoms with van der Waals surface area (Å²) < 4.78 is 13.1. The Bertz CT molecular complexity index is 968. The molecule has 0 unspecified atom stereocenters. The summed E-state index contributed by atoms with van der Waals surface area (Å²) in [5, 5.41) is 3.05. The molecule has 2 aliphatic heterocycles. The highest BCUT2D eigenvalue weighted by Gasteiger charge is 2.35. The summed E-state index contributed by atoms with van der Waals surface area (Å²) in [5.74, 6) is -0.210. The van der Waals surface area contributed by atoms with Crippen LogP contribution in [-0.4, -0.2) is 52.8 Å². The fourth-order valence-electron chi connectivity index (χ4n) is 5.27. The molecular formula is C27H34FN3O2. The van der Waals surface area contributed by atoms with Crippen molar-refractivity contribution >= 4 is 11.8 Å². The van der Waals surface area contributed by atoms with Gasteiger partial charge in [0, 0.05) is 25.2 Å². The van der Waals surface area contributed by atoms with Gasteiger partial charge in [0.25, 0.3) is 0 Å². The van der Waals surface area contributed by atoms with E-state index in [1.54, 1.807) is 12.1 Å². The second-order valence-electron chi connectivity index (χ2n) is 9.49. The lowest BCUT2D eigenvalue weighted by molar-refractivity contribution is -0.140. The SMILES string of the molecule is C[C@@H]1CCC[C@@H](C)N1C(=O)CN1Cc2ccccc2C[C@@H]1C(=O)NCCc1ccc(F)cc1. The smallest absolute Gasteiger partial charge is 0.237 e. The van der Waals surface area contributed by atoms with E-state index in [1.807, 2.05) is 21.9 Å². The molecule has 6 heteroatoms. The minimum Gasteiger partial charge on any atom is -0.354 e. The quantitative estimate of drug-likeness (QED) is 0.729. The third-order valence-electron chi connectivity index (χ3n) is 7.09. The van der Waals surface area contributed by atoms with Gasteiger partial charge >= 0.3 is 0 Å². The minimum absolute atomic E-state index is 0.0563. The van der Waals surface area contributed by atoms with E-state index in [0.717, 1.165) is 24.8 Å². The highest BCUT2D eigenvalue weighted by Crippen LogP contribution is 2.26. The number of piperidine rings is 1. The Balaban J connectivity index is 1.44. The first kappa shape index (κ1) is 23.4. The molecule has 1 fully saturated rings. The van der Waals surface area contributed by atoms with E-state index in [-0.39, 0.29) is 42.3 Å². The number of nitrogens with one attached hydrogen (secondary N) is 1. The van der Waals surface area contributed by atoms with E-state index in [9.17, 15) is 14.0 Å². The number of likely N-dealkylation sites (tertiary alicyclic amines) is 1. The largest absolute Gasteiger partial charge is 0.354 e. The molecule has 2 heterocycles. The zero-order valence-corrected chi connectivity index (χ0v) is 19.6. The molecule has 4 rings (SSSR count). The number of nitrogens with zero attached hydrogens (tertiary/aromatic N) is 2. The van der Waals surface area contributed by atoms with E-state index in [2.05, 4.69) is 31.3 Å². The van der Waals surface area contributed by atoms with Crippen LogP contribution in [-0.2, 0) is 29.0 Å². The number of benzene rings is 2. The van der Waals surface area contributed by atoms with Crippen LogP contribution < -0.4 is 5.32 Å². The number of fused-ring (bicyclic) bond motifs is 1. The average Bonchev–Trinajstić information content (AvgIpc) is 2.79. The molecule has 1 saturated heterocycles. The monoisotopic (exact) mass is 451 g/mol. The van der Waals surface area contributed by atoms with Crippen LogP contribution in [0.4, 0.5) is 4.39 Å². The second-order valence-corrected chi connectivity index (χ2v) is 9.49. The van der Waals surface area contributed by atoms with Crippen molar-refractivity contribution < 1.29 is 14.0 Å². The van der Waals surface area contributed by atoms with Crippen molar-refractivity contribution in [3.8, 4) is 0 Å². The Kier molecular flexibility index (Phi) is 7.43. The summed E-state index contributed by atoms with van der Waals surface area (Å²) in [6.07, 6.45) is 4.45. The Morgan fingerprint density at radius 3 is 2.36 bits per heavy atom. The van der Waals surface area contributed by atoms with E-state index in [0.29, 0.717) is 25.9 Å². The van der Waals surface area contributed by atoms with Gasteiger partial charge in [0.2, 0.25) is 11.8 Å². The third kappa shape index (κ3) is 5.61. The summed E-state index contributed by atoms with van der Waals surface area (Å²) in [6, 6.07) is 14.6. The fourth-order valence-corrected chi connectivity index (χ4v) is 5.27. The van der Waals surface area contributed by atoms with Crippen LogP contribution in [0.2, 0.25) is 0 Å². The van der Waals surface area contributed by atoms with Crippen molar-refractivity contribution in [2.75, 3.05) is 13.1 Å². The normalized spacial score (nSPS) is 23.1. The highest BCUT2D eigenvalue weighted by molar-refractivity contribution is 5.84. The maximum atomic E-state index is 13.3. The molecule has 0 aliphatic carbocycles. The third-order valence-corrected chi connectivity index (χ3v) is 7.09. The molecule has 0 spiro atoms. The molecule has 0 aromatic heterocycles. The number of rotatable bonds is 6. The van der Waals surface area contributed by atoms with Gasteiger partial charge in [-0.05, 0) is 74.8 Å². The zero-order chi connectivity index (χ0) is 23.4. The summed E-state index contributed by atoms with van der Waals surface area (Å²) in [4.78, 5) is 30.6. The molecule has 2 aromatic rings. The van der Waals surface area contributed by atoms with E-state index >= 15 is 0 Å². The maximum Gasteiger partial charge on any atom is 0.237 e. The van der Waals surface area contributed by atoms with Crippen LogP contribution in [0.3, 0.4) is 0 Å². The Hall–Kier alpha value is -2.73.